The maximum Gasteiger partial charge on any atom is 0.410 e. The number of aromatic nitrogens is 1. The average Bonchev–Trinajstić information content (AvgIpc) is 2.59. The molecule has 0 spiro atoms. The van der Waals surface area contributed by atoms with Gasteiger partial charge in [-0.1, -0.05) is 6.92 Å². The molecule has 1 aliphatic heterocycles. The first-order chi connectivity index (χ1) is 8.89. The largest absolute Gasteiger partial charge is 0.444 e. The third-order valence-corrected chi connectivity index (χ3v) is 4.31. The second-order valence-electron chi connectivity index (χ2n) is 5.80. The van der Waals surface area contributed by atoms with Crippen molar-refractivity contribution in [2.24, 2.45) is 0 Å². The number of nitrogens with zero attached hydrogens (tertiary/aromatic N) is 2. The Kier molecular flexibility index (Phi) is 4.13. The highest BCUT2D eigenvalue weighted by atomic mass is 32.1. The van der Waals surface area contributed by atoms with Crippen LogP contribution >= 0.6 is 11.3 Å². The van der Waals surface area contributed by atoms with E-state index < -0.39 is 5.60 Å². The zero-order valence-corrected chi connectivity index (χ0v) is 13.0. The summed E-state index contributed by atoms with van der Waals surface area (Å²) in [6, 6.07) is 0. The Balaban J connectivity index is 2.00. The first-order valence-electron chi connectivity index (χ1n) is 6.84. The molecular formula is C14H22N2O2S. The molecular weight excluding hydrogens is 260 g/mol. The zero-order valence-electron chi connectivity index (χ0n) is 12.2. The van der Waals surface area contributed by atoms with Gasteiger partial charge in [0.25, 0.3) is 0 Å². The Morgan fingerprint density at radius 1 is 1.37 bits per heavy atom. The van der Waals surface area contributed by atoms with E-state index in [-0.39, 0.29) is 6.09 Å². The number of amides is 1. The fourth-order valence-corrected chi connectivity index (χ4v) is 3.12. The summed E-state index contributed by atoms with van der Waals surface area (Å²) in [6.07, 6.45) is 2.52. The van der Waals surface area contributed by atoms with Crippen LogP contribution in [0.1, 0.15) is 43.3 Å². The Labute approximate surface area is 118 Å². The number of ether oxygens (including phenoxy) is 1. The van der Waals surface area contributed by atoms with Crippen LogP contribution in [0.15, 0.2) is 0 Å². The molecule has 0 aromatic carbocycles. The van der Waals surface area contributed by atoms with Crippen molar-refractivity contribution in [2.75, 3.05) is 13.1 Å². The molecule has 2 heterocycles. The maximum absolute atomic E-state index is 12.0. The minimum absolute atomic E-state index is 0.210. The van der Waals surface area contributed by atoms with Crippen molar-refractivity contribution in [1.82, 2.24) is 9.88 Å². The maximum atomic E-state index is 12.0. The molecule has 0 N–H and O–H groups in total. The third-order valence-electron chi connectivity index (χ3n) is 3.00. The summed E-state index contributed by atoms with van der Waals surface area (Å²) in [5.74, 6) is 0. The summed E-state index contributed by atoms with van der Waals surface area (Å²) in [6.45, 7) is 9.26. The zero-order chi connectivity index (χ0) is 14.0. The minimum Gasteiger partial charge on any atom is -0.444 e. The van der Waals surface area contributed by atoms with Crippen molar-refractivity contribution in [2.45, 2.75) is 52.6 Å². The van der Waals surface area contributed by atoms with Gasteiger partial charge in [-0.2, -0.15) is 0 Å². The van der Waals surface area contributed by atoms with Gasteiger partial charge in [-0.3, -0.25) is 0 Å². The fraction of sp³-hybridized carbons (Fsp3) is 0.714. The highest BCUT2D eigenvalue weighted by molar-refractivity contribution is 7.11. The summed E-state index contributed by atoms with van der Waals surface area (Å²) < 4.78 is 5.42. The predicted octanol–water partition coefficient (Wildman–Crippen LogP) is 3.04. The van der Waals surface area contributed by atoms with E-state index in [4.69, 9.17) is 4.74 Å². The van der Waals surface area contributed by atoms with Crippen LogP contribution in [0, 0.1) is 0 Å². The lowest BCUT2D eigenvalue weighted by molar-refractivity contribution is 0.0258. The number of rotatable bonds is 1. The van der Waals surface area contributed by atoms with Gasteiger partial charge < -0.3 is 9.64 Å². The number of hydrogen-bond donors (Lipinski definition) is 0. The Bertz CT molecular complexity index is 437. The number of hydrogen-bond acceptors (Lipinski definition) is 4. The van der Waals surface area contributed by atoms with Crippen LogP contribution in [0.2, 0.25) is 0 Å². The Morgan fingerprint density at radius 3 is 2.68 bits per heavy atom. The van der Waals surface area contributed by atoms with Gasteiger partial charge in [0.1, 0.15) is 5.60 Å². The molecule has 0 radical (unpaired) electrons. The molecule has 19 heavy (non-hydrogen) atoms. The first kappa shape index (κ1) is 14.3. The van der Waals surface area contributed by atoms with Gasteiger partial charge in [0.15, 0.2) is 0 Å². The molecule has 0 atom stereocenters. The standard InChI is InChI=1S/C14H22N2O2S/c1-5-12-15-10-6-8-16(9-7-11(10)19-12)13(17)18-14(2,3)4/h5-9H2,1-4H3. The Hall–Kier alpha value is -1.10. The molecule has 0 saturated heterocycles. The van der Waals surface area contributed by atoms with Crippen LogP contribution in [0.25, 0.3) is 0 Å². The van der Waals surface area contributed by atoms with Crippen molar-refractivity contribution in [3.63, 3.8) is 0 Å². The van der Waals surface area contributed by atoms with E-state index in [9.17, 15) is 4.79 Å². The molecule has 1 amide bonds. The van der Waals surface area contributed by atoms with E-state index in [2.05, 4.69) is 11.9 Å². The van der Waals surface area contributed by atoms with Crippen LogP contribution in [0.3, 0.4) is 0 Å². The molecule has 0 bridgehead atoms. The highest BCUT2D eigenvalue weighted by Gasteiger charge is 2.25. The third kappa shape index (κ3) is 3.69. The summed E-state index contributed by atoms with van der Waals surface area (Å²) in [5.41, 5.74) is 0.745. The van der Waals surface area contributed by atoms with Crippen molar-refractivity contribution >= 4 is 17.4 Å². The average molecular weight is 282 g/mol. The molecule has 0 fully saturated rings. The van der Waals surface area contributed by atoms with E-state index in [1.807, 2.05) is 20.8 Å². The van der Waals surface area contributed by atoms with E-state index in [1.54, 1.807) is 16.2 Å². The second-order valence-corrected chi connectivity index (χ2v) is 6.97. The van der Waals surface area contributed by atoms with Crippen LogP contribution in [0.5, 0.6) is 0 Å². The van der Waals surface area contributed by atoms with Crippen molar-refractivity contribution in [1.29, 1.82) is 0 Å². The highest BCUT2D eigenvalue weighted by Crippen LogP contribution is 2.24. The lowest BCUT2D eigenvalue weighted by Gasteiger charge is -2.26. The summed E-state index contributed by atoms with van der Waals surface area (Å²) in [7, 11) is 0. The van der Waals surface area contributed by atoms with Crippen LogP contribution < -0.4 is 0 Å². The fourth-order valence-electron chi connectivity index (χ4n) is 2.08. The van der Waals surface area contributed by atoms with Crippen molar-refractivity contribution in [3.05, 3.63) is 15.6 Å². The predicted molar refractivity (Wildman–Crippen MR) is 76.7 cm³/mol. The normalized spacial score (nSPS) is 15.9. The van der Waals surface area contributed by atoms with Gasteiger partial charge in [0, 0.05) is 30.8 Å². The molecule has 5 heteroatoms. The summed E-state index contributed by atoms with van der Waals surface area (Å²) in [4.78, 5) is 19.8. The minimum atomic E-state index is -0.429. The molecule has 0 saturated carbocycles. The molecule has 1 aromatic heterocycles. The van der Waals surface area contributed by atoms with Gasteiger partial charge in [-0.15, -0.1) is 11.3 Å². The number of fused-ring (bicyclic) bond motifs is 1. The number of carbonyl (C=O) groups excluding carboxylic acids is 1. The quantitative estimate of drug-likeness (QED) is 0.795. The first-order valence-corrected chi connectivity index (χ1v) is 7.66. The SMILES string of the molecule is CCc1nc2c(s1)CCN(C(=O)OC(C)(C)C)CC2. The molecule has 0 unspecified atom stereocenters. The molecule has 1 aromatic rings. The Morgan fingerprint density at radius 2 is 2.05 bits per heavy atom. The van der Waals surface area contributed by atoms with E-state index >= 15 is 0 Å². The van der Waals surface area contributed by atoms with Gasteiger partial charge in [-0.05, 0) is 27.2 Å². The topological polar surface area (TPSA) is 42.4 Å². The van der Waals surface area contributed by atoms with Crippen LogP contribution in [0.4, 0.5) is 4.79 Å². The monoisotopic (exact) mass is 282 g/mol. The van der Waals surface area contributed by atoms with Gasteiger partial charge in [0.2, 0.25) is 0 Å². The molecule has 1 aliphatic rings. The number of thiazole rings is 1. The van der Waals surface area contributed by atoms with Gasteiger partial charge in [-0.25, -0.2) is 9.78 Å². The lowest BCUT2D eigenvalue weighted by atomic mass is 10.2. The van der Waals surface area contributed by atoms with Crippen molar-refractivity contribution in [3.8, 4) is 0 Å². The van der Waals surface area contributed by atoms with E-state index in [1.165, 1.54) is 15.6 Å². The number of aryl methyl sites for hydroxylation is 1. The summed E-state index contributed by atoms with van der Waals surface area (Å²) >= 11 is 1.79. The summed E-state index contributed by atoms with van der Waals surface area (Å²) in [5, 5.41) is 1.20. The van der Waals surface area contributed by atoms with Gasteiger partial charge >= 0.3 is 6.09 Å². The lowest BCUT2D eigenvalue weighted by Crippen LogP contribution is -2.38. The number of carbonyl (C=O) groups is 1. The van der Waals surface area contributed by atoms with Crippen LogP contribution in [-0.2, 0) is 24.0 Å². The van der Waals surface area contributed by atoms with Gasteiger partial charge in [0.05, 0.1) is 10.7 Å². The molecule has 0 aliphatic carbocycles. The molecule has 106 valence electrons. The van der Waals surface area contributed by atoms with E-state index in [0.717, 1.165) is 25.8 Å². The van der Waals surface area contributed by atoms with E-state index in [0.29, 0.717) is 6.54 Å². The molecule has 2 rings (SSSR count). The molecule has 4 nitrogen and oxygen atoms in total. The smallest absolute Gasteiger partial charge is 0.410 e. The van der Waals surface area contributed by atoms with Crippen LogP contribution in [-0.4, -0.2) is 34.7 Å². The second kappa shape index (κ2) is 5.49. The van der Waals surface area contributed by atoms with Crippen molar-refractivity contribution < 1.29 is 9.53 Å².